The number of urea groups is 1. The second kappa shape index (κ2) is 7.24. The number of aromatic nitrogens is 1. The third kappa shape index (κ3) is 3.33. The maximum atomic E-state index is 13.1. The number of phenols is 1. The van der Waals surface area contributed by atoms with Crippen molar-refractivity contribution >= 4 is 11.9 Å². The molecule has 28 heavy (non-hydrogen) atoms. The molecule has 0 saturated carbocycles. The molecule has 2 aromatic rings. The fraction of sp³-hybridized carbons (Fsp3) is 0.381. The molecule has 1 aromatic heterocycles. The summed E-state index contributed by atoms with van der Waals surface area (Å²) in [6.45, 7) is 4.75. The summed E-state index contributed by atoms with van der Waals surface area (Å²) in [6.07, 6.45) is 2.26. The molecular formula is C21H24N4O3. The van der Waals surface area contributed by atoms with E-state index in [0.29, 0.717) is 25.2 Å². The molecule has 1 atom stereocenters. The van der Waals surface area contributed by atoms with E-state index in [1.54, 1.807) is 23.2 Å². The molecule has 4 rings (SSSR count). The minimum atomic E-state index is -0.810. The summed E-state index contributed by atoms with van der Waals surface area (Å²) < 4.78 is 0. The van der Waals surface area contributed by atoms with Crippen molar-refractivity contribution in [2.24, 2.45) is 0 Å². The van der Waals surface area contributed by atoms with Crippen LogP contribution in [-0.2, 0) is 17.9 Å². The van der Waals surface area contributed by atoms with Gasteiger partial charge in [0, 0.05) is 32.4 Å². The van der Waals surface area contributed by atoms with Gasteiger partial charge in [0.1, 0.15) is 11.3 Å². The maximum Gasteiger partial charge on any atom is 0.328 e. The van der Waals surface area contributed by atoms with E-state index < -0.39 is 5.54 Å². The Bertz CT molecular complexity index is 871. The first-order valence-corrected chi connectivity index (χ1v) is 9.51. The lowest BCUT2D eigenvalue weighted by Crippen LogP contribution is -2.47. The Balaban J connectivity index is 1.47. The Morgan fingerprint density at radius 3 is 2.54 bits per heavy atom. The third-order valence-electron chi connectivity index (χ3n) is 5.71. The second-order valence-electron chi connectivity index (χ2n) is 7.61. The van der Waals surface area contributed by atoms with Gasteiger partial charge in [0.2, 0.25) is 0 Å². The fourth-order valence-electron chi connectivity index (χ4n) is 3.97. The summed E-state index contributed by atoms with van der Waals surface area (Å²) in [6, 6.07) is 12.4. The van der Waals surface area contributed by atoms with Gasteiger partial charge < -0.3 is 10.0 Å². The van der Waals surface area contributed by atoms with Crippen molar-refractivity contribution in [2.45, 2.75) is 32.0 Å². The zero-order valence-corrected chi connectivity index (χ0v) is 15.9. The molecule has 2 saturated heterocycles. The van der Waals surface area contributed by atoms with Gasteiger partial charge in [-0.15, -0.1) is 0 Å². The molecule has 7 heteroatoms. The molecule has 1 aromatic carbocycles. The molecule has 2 fully saturated rings. The molecule has 7 nitrogen and oxygen atoms in total. The van der Waals surface area contributed by atoms with Crippen LogP contribution < -0.4 is 0 Å². The molecule has 1 N–H and O–H groups in total. The summed E-state index contributed by atoms with van der Waals surface area (Å²) in [5, 5.41) is 9.43. The van der Waals surface area contributed by atoms with Crippen molar-refractivity contribution in [1.29, 1.82) is 0 Å². The van der Waals surface area contributed by atoms with Gasteiger partial charge in [0.25, 0.3) is 5.91 Å². The molecule has 3 heterocycles. The number of carbonyl (C=O) groups is 2. The standard InChI is InChI=1S/C21H24N4O3/c1-21-9-11-23(14-16-5-7-18(26)8-6-16)12-13-25(21)20(28)24(19(21)27)15-17-4-2-3-10-22-17/h2-8,10,26H,9,11-15H2,1H3. The van der Waals surface area contributed by atoms with Gasteiger partial charge in [0.15, 0.2) is 0 Å². The quantitative estimate of drug-likeness (QED) is 0.823. The number of pyridine rings is 1. The lowest BCUT2D eigenvalue weighted by atomic mass is 9.96. The van der Waals surface area contributed by atoms with E-state index in [4.69, 9.17) is 0 Å². The van der Waals surface area contributed by atoms with Gasteiger partial charge in [-0.3, -0.25) is 19.6 Å². The van der Waals surface area contributed by atoms with Gasteiger partial charge in [-0.2, -0.15) is 0 Å². The fourth-order valence-corrected chi connectivity index (χ4v) is 3.97. The smallest absolute Gasteiger partial charge is 0.328 e. The number of fused-ring (bicyclic) bond motifs is 1. The first kappa shape index (κ1) is 18.4. The lowest BCUT2D eigenvalue weighted by Gasteiger charge is -2.28. The molecule has 0 aliphatic carbocycles. The van der Waals surface area contributed by atoms with Crippen molar-refractivity contribution in [1.82, 2.24) is 19.7 Å². The van der Waals surface area contributed by atoms with Crippen LogP contribution in [0.1, 0.15) is 24.6 Å². The zero-order valence-electron chi connectivity index (χ0n) is 15.9. The average Bonchev–Trinajstić information content (AvgIpc) is 2.81. The predicted molar refractivity (Wildman–Crippen MR) is 103 cm³/mol. The highest BCUT2D eigenvalue weighted by molar-refractivity contribution is 6.06. The Hall–Kier alpha value is -2.93. The number of imide groups is 1. The summed E-state index contributed by atoms with van der Waals surface area (Å²) in [5.74, 6) is 0.103. The minimum absolute atomic E-state index is 0.144. The number of phenolic OH excluding ortho intramolecular Hbond substituents is 1. The summed E-state index contributed by atoms with van der Waals surface area (Å²) >= 11 is 0. The van der Waals surface area contributed by atoms with E-state index >= 15 is 0 Å². The molecule has 0 spiro atoms. The number of benzene rings is 1. The number of amides is 3. The van der Waals surface area contributed by atoms with Gasteiger partial charge >= 0.3 is 6.03 Å². The van der Waals surface area contributed by atoms with E-state index in [9.17, 15) is 14.7 Å². The van der Waals surface area contributed by atoms with Crippen molar-refractivity contribution < 1.29 is 14.7 Å². The monoisotopic (exact) mass is 380 g/mol. The van der Waals surface area contributed by atoms with Crippen molar-refractivity contribution in [3.05, 3.63) is 59.9 Å². The highest BCUT2D eigenvalue weighted by Crippen LogP contribution is 2.34. The Morgan fingerprint density at radius 1 is 1.04 bits per heavy atom. The number of nitrogens with zero attached hydrogens (tertiary/aromatic N) is 4. The van der Waals surface area contributed by atoms with Crippen LogP contribution in [0.5, 0.6) is 5.75 Å². The Kier molecular flexibility index (Phi) is 4.77. The first-order valence-electron chi connectivity index (χ1n) is 9.51. The van der Waals surface area contributed by atoms with E-state index in [0.717, 1.165) is 18.7 Å². The van der Waals surface area contributed by atoms with Crippen LogP contribution in [-0.4, -0.2) is 61.9 Å². The number of aromatic hydroxyl groups is 1. The minimum Gasteiger partial charge on any atom is -0.508 e. The van der Waals surface area contributed by atoms with Crippen LogP contribution in [0.15, 0.2) is 48.7 Å². The summed E-state index contributed by atoms with van der Waals surface area (Å²) in [5.41, 5.74) is 0.995. The van der Waals surface area contributed by atoms with Gasteiger partial charge in [-0.05, 0) is 43.2 Å². The van der Waals surface area contributed by atoms with Crippen LogP contribution in [0.3, 0.4) is 0 Å². The highest BCUT2D eigenvalue weighted by Gasteiger charge is 2.54. The van der Waals surface area contributed by atoms with Crippen LogP contribution in [0.2, 0.25) is 0 Å². The van der Waals surface area contributed by atoms with Crippen LogP contribution >= 0.6 is 0 Å². The number of hydrogen-bond acceptors (Lipinski definition) is 5. The zero-order chi connectivity index (χ0) is 19.7. The average molecular weight is 380 g/mol. The molecule has 2 aliphatic rings. The Morgan fingerprint density at radius 2 is 1.82 bits per heavy atom. The van der Waals surface area contributed by atoms with E-state index in [1.165, 1.54) is 4.90 Å². The number of carbonyl (C=O) groups excluding carboxylic acids is 2. The highest BCUT2D eigenvalue weighted by atomic mass is 16.3. The van der Waals surface area contributed by atoms with Crippen LogP contribution in [0.4, 0.5) is 4.79 Å². The molecule has 1 unspecified atom stereocenters. The van der Waals surface area contributed by atoms with Gasteiger partial charge in [0.05, 0.1) is 12.2 Å². The van der Waals surface area contributed by atoms with E-state index in [2.05, 4.69) is 9.88 Å². The molecule has 0 bridgehead atoms. The normalized spacial score (nSPS) is 23.0. The molecule has 146 valence electrons. The van der Waals surface area contributed by atoms with Crippen molar-refractivity contribution in [2.75, 3.05) is 19.6 Å². The molecule has 3 amide bonds. The second-order valence-corrected chi connectivity index (χ2v) is 7.61. The number of rotatable bonds is 4. The van der Waals surface area contributed by atoms with Crippen molar-refractivity contribution in [3.63, 3.8) is 0 Å². The van der Waals surface area contributed by atoms with Crippen molar-refractivity contribution in [3.8, 4) is 5.75 Å². The van der Waals surface area contributed by atoms with Crippen LogP contribution in [0, 0.1) is 0 Å². The summed E-state index contributed by atoms with van der Waals surface area (Å²) in [4.78, 5) is 35.6. The SMILES string of the molecule is CC12CCN(Cc3ccc(O)cc3)CCN1C(=O)N(Cc1ccccn1)C2=O. The van der Waals surface area contributed by atoms with E-state index in [1.807, 2.05) is 37.3 Å². The van der Waals surface area contributed by atoms with E-state index in [-0.39, 0.29) is 24.2 Å². The summed E-state index contributed by atoms with van der Waals surface area (Å²) in [7, 11) is 0. The molecule has 2 aliphatic heterocycles. The lowest BCUT2D eigenvalue weighted by molar-refractivity contribution is -0.133. The first-order chi connectivity index (χ1) is 13.5. The molecule has 0 radical (unpaired) electrons. The maximum absolute atomic E-state index is 13.1. The topological polar surface area (TPSA) is 77.0 Å². The van der Waals surface area contributed by atoms with Crippen LogP contribution in [0.25, 0.3) is 0 Å². The third-order valence-corrected chi connectivity index (χ3v) is 5.71. The van der Waals surface area contributed by atoms with Gasteiger partial charge in [-0.1, -0.05) is 18.2 Å². The number of hydrogen-bond donors (Lipinski definition) is 1. The largest absolute Gasteiger partial charge is 0.508 e. The Labute approximate surface area is 164 Å². The van der Waals surface area contributed by atoms with Gasteiger partial charge in [-0.25, -0.2) is 4.79 Å². The predicted octanol–water partition coefficient (Wildman–Crippen LogP) is 2.22. The molecular weight excluding hydrogens is 356 g/mol.